The maximum absolute atomic E-state index is 12.4. The number of hydrogen-bond donors (Lipinski definition) is 0. The van der Waals surface area contributed by atoms with Crippen molar-refractivity contribution in [3.8, 4) is 6.07 Å². The van der Waals surface area contributed by atoms with Crippen LogP contribution in [0.5, 0.6) is 0 Å². The van der Waals surface area contributed by atoms with Crippen molar-refractivity contribution >= 4 is 40.3 Å². The minimum absolute atomic E-state index is 0.120. The van der Waals surface area contributed by atoms with Crippen LogP contribution in [0.1, 0.15) is 16.7 Å². The molecule has 2 amide bonds. The summed E-state index contributed by atoms with van der Waals surface area (Å²) in [6, 6.07) is 10.9. The van der Waals surface area contributed by atoms with Crippen molar-refractivity contribution in [3.63, 3.8) is 0 Å². The third kappa shape index (κ3) is 2.82. The summed E-state index contributed by atoms with van der Waals surface area (Å²) in [4.78, 5) is 26.1. The SMILES string of the molecule is N#Cc1ccccc1CN1C(=O)S/C(=C/c2ccsc2)C1=O. The van der Waals surface area contributed by atoms with Crippen LogP contribution in [0.3, 0.4) is 0 Å². The van der Waals surface area contributed by atoms with E-state index in [2.05, 4.69) is 6.07 Å². The van der Waals surface area contributed by atoms with Gasteiger partial charge in [0.25, 0.3) is 11.1 Å². The summed E-state index contributed by atoms with van der Waals surface area (Å²) in [7, 11) is 0. The fourth-order valence-electron chi connectivity index (χ4n) is 2.08. The lowest BCUT2D eigenvalue weighted by molar-refractivity contribution is -0.123. The largest absolute Gasteiger partial charge is 0.293 e. The summed E-state index contributed by atoms with van der Waals surface area (Å²) >= 11 is 2.47. The summed E-state index contributed by atoms with van der Waals surface area (Å²) in [5.41, 5.74) is 2.06. The Kier molecular flexibility index (Phi) is 4.09. The molecule has 3 rings (SSSR count). The van der Waals surface area contributed by atoms with E-state index in [0.717, 1.165) is 17.3 Å². The molecule has 0 unspecified atom stereocenters. The van der Waals surface area contributed by atoms with Gasteiger partial charge in [-0.25, -0.2) is 0 Å². The van der Waals surface area contributed by atoms with E-state index >= 15 is 0 Å². The quantitative estimate of drug-likeness (QED) is 0.804. The number of thiophene rings is 1. The van der Waals surface area contributed by atoms with Gasteiger partial charge in [0.1, 0.15) is 0 Å². The van der Waals surface area contributed by atoms with Gasteiger partial charge in [-0.3, -0.25) is 14.5 Å². The molecule has 1 aliphatic rings. The topological polar surface area (TPSA) is 61.2 Å². The zero-order valence-corrected chi connectivity index (χ0v) is 13.0. The molecule has 0 N–H and O–H groups in total. The van der Waals surface area contributed by atoms with Crippen molar-refractivity contribution in [1.29, 1.82) is 5.26 Å². The molecule has 0 aliphatic carbocycles. The molecule has 1 fully saturated rings. The normalized spacial score (nSPS) is 16.3. The summed E-state index contributed by atoms with van der Waals surface area (Å²) in [6.07, 6.45) is 1.72. The first-order valence-corrected chi connectivity index (χ1v) is 8.20. The molecule has 108 valence electrons. The summed E-state index contributed by atoms with van der Waals surface area (Å²) in [5, 5.41) is 12.6. The van der Waals surface area contributed by atoms with Gasteiger partial charge in [0.15, 0.2) is 0 Å². The molecule has 1 aromatic heterocycles. The summed E-state index contributed by atoms with van der Waals surface area (Å²) in [6.45, 7) is 0.120. The van der Waals surface area contributed by atoms with Gasteiger partial charge in [0.05, 0.1) is 23.1 Å². The van der Waals surface area contributed by atoms with Crippen LogP contribution in [-0.4, -0.2) is 16.0 Å². The summed E-state index contributed by atoms with van der Waals surface area (Å²) < 4.78 is 0. The molecule has 6 heteroatoms. The number of imide groups is 1. The van der Waals surface area contributed by atoms with E-state index in [4.69, 9.17) is 5.26 Å². The lowest BCUT2D eigenvalue weighted by atomic mass is 10.1. The number of carbonyl (C=O) groups is 2. The molecule has 2 aromatic rings. The first kappa shape index (κ1) is 14.6. The van der Waals surface area contributed by atoms with Crippen molar-refractivity contribution in [2.45, 2.75) is 6.54 Å². The zero-order valence-electron chi connectivity index (χ0n) is 11.4. The lowest BCUT2D eigenvalue weighted by Gasteiger charge is -2.13. The lowest BCUT2D eigenvalue weighted by Crippen LogP contribution is -2.27. The summed E-state index contributed by atoms with van der Waals surface area (Å²) in [5.74, 6) is -0.311. The Labute approximate surface area is 135 Å². The fourth-order valence-corrected chi connectivity index (χ4v) is 3.54. The van der Waals surface area contributed by atoms with Gasteiger partial charge < -0.3 is 0 Å². The Hall–Kier alpha value is -2.36. The van der Waals surface area contributed by atoms with E-state index in [-0.39, 0.29) is 17.7 Å². The van der Waals surface area contributed by atoms with Crippen molar-refractivity contribution in [2.75, 3.05) is 0 Å². The van der Waals surface area contributed by atoms with Gasteiger partial charge >= 0.3 is 0 Å². The Bertz CT molecular complexity index is 804. The van der Waals surface area contributed by atoms with Gasteiger partial charge in [-0.1, -0.05) is 18.2 Å². The third-order valence-electron chi connectivity index (χ3n) is 3.18. The molecule has 0 saturated carbocycles. The molecular formula is C16H10N2O2S2. The molecule has 0 atom stereocenters. The Balaban J connectivity index is 1.85. The van der Waals surface area contributed by atoms with Crippen LogP contribution in [0.25, 0.3) is 6.08 Å². The highest BCUT2D eigenvalue weighted by atomic mass is 32.2. The monoisotopic (exact) mass is 326 g/mol. The van der Waals surface area contributed by atoms with E-state index < -0.39 is 0 Å². The predicted molar refractivity (Wildman–Crippen MR) is 87.0 cm³/mol. The minimum Gasteiger partial charge on any atom is -0.268 e. The van der Waals surface area contributed by atoms with Crippen molar-refractivity contribution in [3.05, 3.63) is 62.7 Å². The van der Waals surface area contributed by atoms with E-state index in [1.807, 2.05) is 16.8 Å². The second-order valence-corrected chi connectivity index (χ2v) is 6.37. The molecule has 1 aliphatic heterocycles. The van der Waals surface area contributed by atoms with Gasteiger partial charge in [0, 0.05) is 0 Å². The Morgan fingerprint density at radius 1 is 1.23 bits per heavy atom. The number of nitrogens with zero attached hydrogens (tertiary/aromatic N) is 2. The van der Waals surface area contributed by atoms with Crippen LogP contribution in [0.15, 0.2) is 46.0 Å². The first-order valence-electron chi connectivity index (χ1n) is 6.44. The average Bonchev–Trinajstić information content (AvgIpc) is 3.12. The standard InChI is InChI=1S/C16H10N2O2S2/c17-8-12-3-1-2-4-13(12)9-18-15(19)14(22-16(18)20)7-11-5-6-21-10-11/h1-7,10H,9H2/b14-7+. The van der Waals surface area contributed by atoms with Gasteiger partial charge in [0.2, 0.25) is 0 Å². The van der Waals surface area contributed by atoms with Gasteiger partial charge in [-0.15, -0.1) is 0 Å². The van der Waals surface area contributed by atoms with Crippen LogP contribution in [0.4, 0.5) is 4.79 Å². The Morgan fingerprint density at radius 3 is 2.77 bits per heavy atom. The van der Waals surface area contributed by atoms with Crippen LogP contribution >= 0.6 is 23.1 Å². The molecular weight excluding hydrogens is 316 g/mol. The number of benzene rings is 1. The molecule has 2 heterocycles. The van der Waals surface area contributed by atoms with Gasteiger partial charge in [-0.05, 0) is 51.9 Å². The molecule has 0 spiro atoms. The number of amides is 2. The Morgan fingerprint density at radius 2 is 2.05 bits per heavy atom. The van der Waals surface area contributed by atoms with Crippen molar-refractivity contribution in [2.24, 2.45) is 0 Å². The van der Waals surface area contributed by atoms with Crippen molar-refractivity contribution < 1.29 is 9.59 Å². The molecule has 4 nitrogen and oxygen atoms in total. The van der Waals surface area contributed by atoms with E-state index in [1.54, 1.807) is 30.3 Å². The fraction of sp³-hybridized carbons (Fsp3) is 0.0625. The third-order valence-corrected chi connectivity index (χ3v) is 4.79. The van der Waals surface area contributed by atoms with Crippen LogP contribution in [0.2, 0.25) is 0 Å². The molecule has 0 bridgehead atoms. The van der Waals surface area contributed by atoms with E-state index in [9.17, 15) is 9.59 Å². The number of rotatable bonds is 3. The average molecular weight is 326 g/mol. The second-order valence-electron chi connectivity index (χ2n) is 4.59. The van der Waals surface area contributed by atoms with Crippen LogP contribution in [-0.2, 0) is 11.3 Å². The van der Waals surface area contributed by atoms with E-state index in [0.29, 0.717) is 16.0 Å². The number of thioether (sulfide) groups is 1. The molecule has 1 saturated heterocycles. The number of nitriles is 1. The number of hydrogen-bond acceptors (Lipinski definition) is 5. The highest BCUT2D eigenvalue weighted by Crippen LogP contribution is 2.33. The van der Waals surface area contributed by atoms with Crippen LogP contribution in [0, 0.1) is 11.3 Å². The highest BCUT2D eigenvalue weighted by Gasteiger charge is 2.35. The maximum Gasteiger partial charge on any atom is 0.293 e. The highest BCUT2D eigenvalue weighted by molar-refractivity contribution is 8.18. The van der Waals surface area contributed by atoms with E-state index in [1.165, 1.54) is 16.2 Å². The number of carbonyl (C=O) groups excluding carboxylic acids is 2. The minimum atomic E-state index is -0.311. The first-order chi connectivity index (χ1) is 10.7. The van der Waals surface area contributed by atoms with Crippen LogP contribution < -0.4 is 0 Å². The maximum atomic E-state index is 12.4. The molecule has 0 radical (unpaired) electrons. The molecule has 22 heavy (non-hydrogen) atoms. The van der Waals surface area contributed by atoms with Crippen molar-refractivity contribution in [1.82, 2.24) is 4.90 Å². The smallest absolute Gasteiger partial charge is 0.268 e. The molecule has 1 aromatic carbocycles. The second kappa shape index (κ2) is 6.18. The predicted octanol–water partition coefficient (Wildman–Crippen LogP) is 3.86. The zero-order chi connectivity index (χ0) is 15.5. The van der Waals surface area contributed by atoms with Gasteiger partial charge in [-0.2, -0.15) is 16.6 Å².